The summed E-state index contributed by atoms with van der Waals surface area (Å²) in [7, 11) is 0. The van der Waals surface area contributed by atoms with Crippen molar-refractivity contribution in [2.75, 3.05) is 0 Å². The first-order valence-electron chi connectivity index (χ1n) is 7.86. The Kier molecular flexibility index (Phi) is 4.44. The number of amides is 1. The zero-order valence-corrected chi connectivity index (χ0v) is 15.0. The minimum atomic E-state index is -0.297. The van der Waals surface area contributed by atoms with Gasteiger partial charge >= 0.3 is 0 Å². The maximum atomic E-state index is 13.1. The van der Waals surface area contributed by atoms with Gasteiger partial charge in [-0.05, 0) is 35.9 Å². The molecule has 0 unspecified atom stereocenters. The number of nitrogens with one attached hydrogen (secondary N) is 1. The second-order valence-electron chi connectivity index (χ2n) is 5.68. The van der Waals surface area contributed by atoms with Gasteiger partial charge in [0.25, 0.3) is 5.91 Å². The molecule has 2 aromatic carbocycles. The standard InChI is InChI=1S/C19H13ClFN3OS/c20-15-4-2-1-3-13(15)9-22-18(25)17-11-26-19-23-16(10-24(17)19)12-5-7-14(21)8-6-12/h1-8,10-11H,9H2,(H,22,25). The summed E-state index contributed by atoms with van der Waals surface area (Å²) in [4.78, 5) is 17.8. The number of thiazole rings is 1. The minimum absolute atomic E-state index is 0.209. The van der Waals surface area contributed by atoms with Crippen LogP contribution in [0.1, 0.15) is 16.1 Å². The molecule has 0 aliphatic heterocycles. The quantitative estimate of drug-likeness (QED) is 0.549. The molecule has 7 heteroatoms. The average Bonchev–Trinajstić information content (AvgIpc) is 3.22. The molecule has 4 aromatic rings. The highest BCUT2D eigenvalue weighted by atomic mass is 35.5. The smallest absolute Gasteiger partial charge is 0.269 e. The zero-order valence-electron chi connectivity index (χ0n) is 13.4. The molecule has 4 rings (SSSR count). The topological polar surface area (TPSA) is 46.4 Å². The van der Waals surface area contributed by atoms with Crippen molar-refractivity contribution in [1.29, 1.82) is 0 Å². The normalized spacial score (nSPS) is 11.0. The van der Waals surface area contributed by atoms with Gasteiger partial charge in [0.2, 0.25) is 0 Å². The van der Waals surface area contributed by atoms with Crippen LogP contribution in [0, 0.1) is 5.82 Å². The maximum Gasteiger partial charge on any atom is 0.269 e. The van der Waals surface area contributed by atoms with Crippen LogP contribution in [0.15, 0.2) is 60.1 Å². The molecule has 0 radical (unpaired) electrons. The van der Waals surface area contributed by atoms with E-state index in [0.717, 1.165) is 11.1 Å². The van der Waals surface area contributed by atoms with Gasteiger partial charge in [-0.15, -0.1) is 11.3 Å². The third-order valence-electron chi connectivity index (χ3n) is 3.98. The number of hydrogen-bond donors (Lipinski definition) is 1. The second kappa shape index (κ2) is 6.90. The van der Waals surface area contributed by atoms with Crippen molar-refractivity contribution < 1.29 is 9.18 Å². The lowest BCUT2D eigenvalue weighted by Gasteiger charge is -2.06. The van der Waals surface area contributed by atoms with E-state index >= 15 is 0 Å². The molecule has 0 bridgehead atoms. The summed E-state index contributed by atoms with van der Waals surface area (Å²) in [6.45, 7) is 0.343. The van der Waals surface area contributed by atoms with E-state index in [-0.39, 0.29) is 11.7 Å². The molecular weight excluding hydrogens is 373 g/mol. The Bertz CT molecular complexity index is 1090. The molecular formula is C19H13ClFN3OS. The highest BCUT2D eigenvalue weighted by Gasteiger charge is 2.15. The van der Waals surface area contributed by atoms with Gasteiger partial charge in [0, 0.05) is 28.7 Å². The van der Waals surface area contributed by atoms with E-state index in [0.29, 0.717) is 27.9 Å². The van der Waals surface area contributed by atoms with Gasteiger partial charge < -0.3 is 5.32 Å². The molecule has 26 heavy (non-hydrogen) atoms. The molecule has 0 spiro atoms. The fourth-order valence-corrected chi connectivity index (χ4v) is 3.67. The molecule has 1 N–H and O–H groups in total. The number of benzene rings is 2. The Morgan fingerprint density at radius 1 is 1.19 bits per heavy atom. The molecule has 2 heterocycles. The fraction of sp³-hybridized carbons (Fsp3) is 0.0526. The first-order chi connectivity index (χ1) is 12.6. The van der Waals surface area contributed by atoms with Crippen LogP contribution < -0.4 is 5.32 Å². The lowest BCUT2D eigenvalue weighted by atomic mass is 10.2. The highest BCUT2D eigenvalue weighted by molar-refractivity contribution is 7.15. The van der Waals surface area contributed by atoms with Gasteiger partial charge in [-0.2, -0.15) is 0 Å². The van der Waals surface area contributed by atoms with E-state index in [1.807, 2.05) is 18.2 Å². The number of imidazole rings is 1. The third-order valence-corrected chi connectivity index (χ3v) is 5.19. The van der Waals surface area contributed by atoms with Crippen molar-refractivity contribution in [2.45, 2.75) is 6.54 Å². The summed E-state index contributed by atoms with van der Waals surface area (Å²) in [6, 6.07) is 13.5. The molecule has 0 saturated carbocycles. The molecule has 1 amide bonds. The molecule has 4 nitrogen and oxygen atoms in total. The van der Waals surface area contributed by atoms with E-state index in [1.54, 1.807) is 34.2 Å². The predicted molar refractivity (Wildman–Crippen MR) is 101 cm³/mol. The molecule has 2 aromatic heterocycles. The van der Waals surface area contributed by atoms with E-state index in [4.69, 9.17) is 11.6 Å². The minimum Gasteiger partial charge on any atom is -0.347 e. The summed E-state index contributed by atoms with van der Waals surface area (Å²) < 4.78 is 14.8. The molecule has 0 fully saturated rings. The van der Waals surface area contributed by atoms with Crippen LogP contribution in [0.25, 0.3) is 16.2 Å². The van der Waals surface area contributed by atoms with E-state index in [1.165, 1.54) is 23.5 Å². The first-order valence-corrected chi connectivity index (χ1v) is 9.12. The number of halogens is 2. The third kappa shape index (κ3) is 3.21. The molecule has 0 aliphatic rings. The lowest BCUT2D eigenvalue weighted by Crippen LogP contribution is -2.24. The van der Waals surface area contributed by atoms with Crippen LogP contribution >= 0.6 is 22.9 Å². The Morgan fingerprint density at radius 3 is 2.73 bits per heavy atom. The van der Waals surface area contributed by atoms with Crippen LogP contribution in [0.5, 0.6) is 0 Å². The van der Waals surface area contributed by atoms with Crippen molar-refractivity contribution >= 4 is 33.8 Å². The lowest BCUT2D eigenvalue weighted by molar-refractivity contribution is 0.0945. The van der Waals surface area contributed by atoms with E-state index < -0.39 is 0 Å². The number of carbonyl (C=O) groups is 1. The fourth-order valence-electron chi connectivity index (χ4n) is 2.61. The van der Waals surface area contributed by atoms with Crippen molar-refractivity contribution in [2.24, 2.45) is 0 Å². The van der Waals surface area contributed by atoms with Crippen molar-refractivity contribution in [3.63, 3.8) is 0 Å². The van der Waals surface area contributed by atoms with Gasteiger partial charge in [-0.25, -0.2) is 9.37 Å². The SMILES string of the molecule is O=C(NCc1ccccc1Cl)c1csc2nc(-c3ccc(F)cc3)cn12. The summed E-state index contributed by atoms with van der Waals surface area (Å²) >= 11 is 7.50. The van der Waals surface area contributed by atoms with Crippen LogP contribution in [-0.4, -0.2) is 15.3 Å². The van der Waals surface area contributed by atoms with Crippen LogP contribution in [0.4, 0.5) is 4.39 Å². The van der Waals surface area contributed by atoms with Gasteiger partial charge in [0.05, 0.1) is 5.69 Å². The zero-order chi connectivity index (χ0) is 18.1. The largest absolute Gasteiger partial charge is 0.347 e. The second-order valence-corrected chi connectivity index (χ2v) is 6.92. The number of carbonyl (C=O) groups excluding carboxylic acids is 1. The Labute approximate surface area is 157 Å². The highest BCUT2D eigenvalue weighted by Crippen LogP contribution is 2.24. The van der Waals surface area contributed by atoms with Crippen LogP contribution in [0.2, 0.25) is 5.02 Å². The Hall–Kier alpha value is -2.70. The number of rotatable bonds is 4. The van der Waals surface area contributed by atoms with Crippen molar-refractivity contribution in [3.8, 4) is 11.3 Å². The van der Waals surface area contributed by atoms with E-state index in [2.05, 4.69) is 10.3 Å². The Balaban J connectivity index is 1.57. The van der Waals surface area contributed by atoms with E-state index in [9.17, 15) is 9.18 Å². The Morgan fingerprint density at radius 2 is 1.96 bits per heavy atom. The first kappa shape index (κ1) is 16.8. The van der Waals surface area contributed by atoms with Crippen LogP contribution in [-0.2, 0) is 6.54 Å². The average molecular weight is 386 g/mol. The van der Waals surface area contributed by atoms with Crippen molar-refractivity contribution in [3.05, 3.63) is 82.2 Å². The number of nitrogens with zero attached hydrogens (tertiary/aromatic N) is 2. The van der Waals surface area contributed by atoms with Gasteiger partial charge in [0.15, 0.2) is 4.96 Å². The molecule has 130 valence electrons. The molecule has 0 saturated heterocycles. The monoisotopic (exact) mass is 385 g/mol. The summed E-state index contributed by atoms with van der Waals surface area (Å²) in [5.74, 6) is -0.506. The van der Waals surface area contributed by atoms with Gasteiger partial charge in [0.1, 0.15) is 11.5 Å². The van der Waals surface area contributed by atoms with Crippen molar-refractivity contribution in [1.82, 2.24) is 14.7 Å². The summed E-state index contributed by atoms with van der Waals surface area (Å²) in [5, 5.41) is 5.25. The number of aromatic nitrogens is 2. The van der Waals surface area contributed by atoms with Crippen LogP contribution in [0.3, 0.4) is 0 Å². The van der Waals surface area contributed by atoms with Gasteiger partial charge in [-0.3, -0.25) is 9.20 Å². The summed E-state index contributed by atoms with van der Waals surface area (Å²) in [6.07, 6.45) is 1.78. The number of fused-ring (bicyclic) bond motifs is 1. The molecule has 0 aliphatic carbocycles. The predicted octanol–water partition coefficient (Wildman–Crippen LogP) is 4.79. The van der Waals surface area contributed by atoms with Gasteiger partial charge in [-0.1, -0.05) is 29.8 Å². The maximum absolute atomic E-state index is 13.1. The number of hydrogen-bond acceptors (Lipinski definition) is 3. The molecule has 0 atom stereocenters. The summed E-state index contributed by atoms with van der Waals surface area (Å²) in [5.41, 5.74) is 2.84.